The summed E-state index contributed by atoms with van der Waals surface area (Å²) < 4.78 is 8.65. The maximum absolute atomic E-state index is 12.6. The molecule has 0 unspecified atom stereocenters. The Kier molecular flexibility index (Phi) is 5.19. The van der Waals surface area contributed by atoms with E-state index in [-0.39, 0.29) is 17.3 Å². The van der Waals surface area contributed by atoms with E-state index in [4.69, 9.17) is 14.8 Å². The molecule has 1 N–H and O–H groups in total. The van der Waals surface area contributed by atoms with Crippen LogP contribution < -0.4 is 10.1 Å². The second-order valence-corrected chi connectivity index (χ2v) is 9.80. The molecule has 1 aliphatic rings. The number of hydrogen-bond donors (Lipinski definition) is 1. The van der Waals surface area contributed by atoms with Gasteiger partial charge in [-0.1, -0.05) is 35.6 Å². The van der Waals surface area contributed by atoms with Crippen LogP contribution in [0.3, 0.4) is 0 Å². The van der Waals surface area contributed by atoms with E-state index in [1.807, 2.05) is 57.2 Å². The van der Waals surface area contributed by atoms with Gasteiger partial charge in [-0.25, -0.2) is 4.98 Å². The van der Waals surface area contributed by atoms with E-state index >= 15 is 0 Å². The standard InChI is InChI=1S/C23H22N4O2S2/c1-13(2)29-16-10-8-15(9-11-16)21-20-14(3)26-27(22(20)25-19(28)12-30-21)23-24-17-6-4-5-7-18(17)31-23/h4-11,13,21H,12H2,1-3H3,(H,25,28)/t21-/m1/s1. The fourth-order valence-corrected chi connectivity index (χ4v) is 5.84. The van der Waals surface area contributed by atoms with Gasteiger partial charge in [-0.2, -0.15) is 9.78 Å². The van der Waals surface area contributed by atoms with Crippen LogP contribution in [0.25, 0.3) is 15.3 Å². The van der Waals surface area contributed by atoms with Crippen molar-refractivity contribution < 1.29 is 9.53 Å². The Morgan fingerprint density at radius 3 is 2.68 bits per heavy atom. The zero-order chi connectivity index (χ0) is 21.5. The van der Waals surface area contributed by atoms with Crippen molar-refractivity contribution in [2.45, 2.75) is 32.1 Å². The molecule has 6 nitrogen and oxygen atoms in total. The van der Waals surface area contributed by atoms with Crippen molar-refractivity contribution in [1.29, 1.82) is 0 Å². The molecule has 8 heteroatoms. The minimum absolute atomic E-state index is 0.00909. The fraction of sp³-hybridized carbons (Fsp3) is 0.261. The third-order valence-corrected chi connectivity index (χ3v) is 7.31. The summed E-state index contributed by atoms with van der Waals surface area (Å²) >= 11 is 3.18. The number of fused-ring (bicyclic) bond motifs is 2. The first-order valence-corrected chi connectivity index (χ1v) is 12.0. The van der Waals surface area contributed by atoms with Gasteiger partial charge in [-0.3, -0.25) is 4.79 Å². The molecule has 4 aromatic rings. The quantitative estimate of drug-likeness (QED) is 0.454. The van der Waals surface area contributed by atoms with Gasteiger partial charge in [0.15, 0.2) is 0 Å². The average Bonchev–Trinajstić information content (AvgIpc) is 3.25. The first-order valence-electron chi connectivity index (χ1n) is 10.1. The van der Waals surface area contributed by atoms with Gasteiger partial charge in [0.25, 0.3) is 0 Å². The molecule has 0 fully saturated rings. The number of thiazole rings is 1. The van der Waals surface area contributed by atoms with E-state index in [1.165, 1.54) is 0 Å². The molecule has 0 radical (unpaired) electrons. The maximum atomic E-state index is 12.6. The van der Waals surface area contributed by atoms with Crippen molar-refractivity contribution in [3.8, 4) is 10.9 Å². The molecule has 1 amide bonds. The number of carbonyl (C=O) groups excluding carboxylic acids is 1. The van der Waals surface area contributed by atoms with Crippen LogP contribution in [0, 0.1) is 6.92 Å². The lowest BCUT2D eigenvalue weighted by molar-refractivity contribution is -0.113. The van der Waals surface area contributed by atoms with E-state index in [9.17, 15) is 4.79 Å². The first-order chi connectivity index (χ1) is 15.0. The molecule has 0 aliphatic carbocycles. The average molecular weight is 451 g/mol. The normalized spacial score (nSPS) is 16.3. The number of para-hydroxylation sites is 1. The summed E-state index contributed by atoms with van der Waals surface area (Å²) in [5.74, 6) is 1.90. The number of ether oxygens (including phenoxy) is 1. The number of aryl methyl sites for hydroxylation is 1. The molecular formula is C23H22N4O2S2. The number of hydrogen-bond acceptors (Lipinski definition) is 6. The lowest BCUT2D eigenvalue weighted by atomic mass is 10.0. The topological polar surface area (TPSA) is 69.0 Å². The third kappa shape index (κ3) is 3.81. The Bertz CT molecular complexity index is 1230. The lowest BCUT2D eigenvalue weighted by Gasteiger charge is -2.16. The molecule has 0 bridgehead atoms. The molecule has 31 heavy (non-hydrogen) atoms. The van der Waals surface area contributed by atoms with Crippen LogP contribution in [-0.4, -0.2) is 32.5 Å². The fourth-order valence-electron chi connectivity index (χ4n) is 3.73. The monoisotopic (exact) mass is 450 g/mol. The number of thioether (sulfide) groups is 1. The zero-order valence-electron chi connectivity index (χ0n) is 17.5. The Morgan fingerprint density at radius 2 is 1.94 bits per heavy atom. The Balaban J connectivity index is 1.59. The highest BCUT2D eigenvalue weighted by Gasteiger charge is 2.31. The predicted octanol–water partition coefficient (Wildman–Crippen LogP) is 5.35. The van der Waals surface area contributed by atoms with E-state index in [0.717, 1.165) is 37.9 Å². The van der Waals surface area contributed by atoms with Gasteiger partial charge < -0.3 is 10.1 Å². The molecule has 5 rings (SSSR count). The van der Waals surface area contributed by atoms with E-state index in [1.54, 1.807) is 27.8 Å². The highest BCUT2D eigenvalue weighted by atomic mass is 32.2. The molecule has 0 saturated carbocycles. The summed E-state index contributed by atoms with van der Waals surface area (Å²) in [6.45, 7) is 6.01. The molecule has 158 valence electrons. The van der Waals surface area contributed by atoms with Gasteiger partial charge >= 0.3 is 0 Å². The smallest absolute Gasteiger partial charge is 0.235 e. The summed E-state index contributed by atoms with van der Waals surface area (Å²) in [4.78, 5) is 17.3. The third-order valence-electron chi connectivity index (χ3n) is 5.03. The Morgan fingerprint density at radius 1 is 1.16 bits per heavy atom. The van der Waals surface area contributed by atoms with E-state index in [0.29, 0.717) is 11.6 Å². The first kappa shape index (κ1) is 20.1. The van der Waals surface area contributed by atoms with Crippen LogP contribution >= 0.6 is 23.1 Å². The van der Waals surface area contributed by atoms with Crippen LogP contribution in [-0.2, 0) is 4.79 Å². The van der Waals surface area contributed by atoms with E-state index < -0.39 is 0 Å². The van der Waals surface area contributed by atoms with Crippen LogP contribution in [0.4, 0.5) is 5.82 Å². The summed E-state index contributed by atoms with van der Waals surface area (Å²) in [6, 6.07) is 16.1. The highest BCUT2D eigenvalue weighted by molar-refractivity contribution is 8.00. The summed E-state index contributed by atoms with van der Waals surface area (Å²) in [7, 11) is 0. The lowest BCUT2D eigenvalue weighted by Crippen LogP contribution is -2.15. The van der Waals surface area contributed by atoms with Crippen molar-refractivity contribution >= 4 is 45.0 Å². The van der Waals surface area contributed by atoms with Crippen molar-refractivity contribution in [3.05, 3.63) is 65.4 Å². The van der Waals surface area contributed by atoms with Gasteiger partial charge in [-0.05, 0) is 50.6 Å². The molecule has 1 aliphatic heterocycles. The number of amides is 1. The van der Waals surface area contributed by atoms with Crippen molar-refractivity contribution in [2.24, 2.45) is 0 Å². The van der Waals surface area contributed by atoms with Gasteiger partial charge in [-0.15, -0.1) is 11.8 Å². The minimum atomic E-state index is -0.0317. The molecule has 2 aromatic heterocycles. The van der Waals surface area contributed by atoms with Crippen molar-refractivity contribution in [2.75, 3.05) is 11.1 Å². The largest absolute Gasteiger partial charge is 0.491 e. The summed E-state index contributed by atoms with van der Waals surface area (Å²) in [5, 5.41) is 8.59. The summed E-state index contributed by atoms with van der Waals surface area (Å²) in [6.07, 6.45) is 0.126. The number of benzene rings is 2. The molecule has 3 heterocycles. The number of rotatable bonds is 4. The number of carbonyl (C=O) groups is 1. The Hall–Kier alpha value is -2.84. The SMILES string of the molecule is Cc1nn(-c2nc3ccccc3s2)c2c1[C@@H](c1ccc(OC(C)C)cc1)SCC(=O)N2. The van der Waals surface area contributed by atoms with Gasteiger partial charge in [0, 0.05) is 5.56 Å². The van der Waals surface area contributed by atoms with Gasteiger partial charge in [0.2, 0.25) is 11.0 Å². The number of nitrogens with zero attached hydrogens (tertiary/aromatic N) is 3. The minimum Gasteiger partial charge on any atom is -0.491 e. The van der Waals surface area contributed by atoms with Gasteiger partial charge in [0.1, 0.15) is 11.6 Å². The molecule has 0 saturated heterocycles. The summed E-state index contributed by atoms with van der Waals surface area (Å²) in [5.41, 5.74) is 3.95. The number of nitrogens with one attached hydrogen (secondary N) is 1. The predicted molar refractivity (Wildman–Crippen MR) is 127 cm³/mol. The zero-order valence-corrected chi connectivity index (χ0v) is 19.1. The van der Waals surface area contributed by atoms with Crippen molar-refractivity contribution in [1.82, 2.24) is 14.8 Å². The van der Waals surface area contributed by atoms with Crippen LogP contribution in [0.15, 0.2) is 48.5 Å². The van der Waals surface area contributed by atoms with Crippen LogP contribution in [0.2, 0.25) is 0 Å². The van der Waals surface area contributed by atoms with Crippen LogP contribution in [0.5, 0.6) is 5.75 Å². The van der Waals surface area contributed by atoms with E-state index in [2.05, 4.69) is 17.4 Å². The number of anilines is 1. The van der Waals surface area contributed by atoms with Crippen LogP contribution in [0.1, 0.15) is 35.9 Å². The molecule has 0 spiro atoms. The second kappa shape index (κ2) is 8.01. The number of aromatic nitrogens is 3. The second-order valence-electron chi connectivity index (χ2n) is 7.70. The molecule has 1 atom stereocenters. The molecule has 2 aromatic carbocycles. The highest BCUT2D eigenvalue weighted by Crippen LogP contribution is 2.44. The van der Waals surface area contributed by atoms with Crippen molar-refractivity contribution in [3.63, 3.8) is 0 Å². The maximum Gasteiger partial charge on any atom is 0.235 e. The Labute approximate surface area is 188 Å². The molecular weight excluding hydrogens is 428 g/mol. The van der Waals surface area contributed by atoms with Gasteiger partial charge in [0.05, 0.1) is 33.0 Å².